The molecule has 5 rings (SSSR count). The Bertz CT molecular complexity index is 1830. The molecule has 0 spiro atoms. The van der Waals surface area contributed by atoms with Gasteiger partial charge in [-0.25, -0.2) is 9.78 Å². The molecule has 0 bridgehead atoms. The number of methoxy groups -OCH3 is 1. The Hall–Kier alpha value is -4.15. The molecule has 0 amide bonds. The lowest BCUT2D eigenvalue weighted by molar-refractivity contribution is -0.147. The van der Waals surface area contributed by atoms with Crippen molar-refractivity contribution in [1.29, 1.82) is 0 Å². The van der Waals surface area contributed by atoms with Crippen molar-refractivity contribution >= 4 is 61.6 Å². The molecule has 3 aromatic carbocycles. The second-order valence-electron chi connectivity index (χ2n) is 8.64. The number of esters is 1. The number of nitrogens with zero attached hydrogens (tertiary/aromatic N) is 3. The van der Waals surface area contributed by atoms with Crippen LogP contribution in [0.5, 0.6) is 11.5 Å². The zero-order valence-electron chi connectivity index (χ0n) is 21.7. The third-order valence-electron chi connectivity index (χ3n) is 5.96. The van der Waals surface area contributed by atoms with Gasteiger partial charge >= 0.3 is 5.97 Å². The van der Waals surface area contributed by atoms with Crippen molar-refractivity contribution in [2.45, 2.75) is 20.0 Å². The number of fused-ring (bicyclic) bond motifs is 2. The van der Waals surface area contributed by atoms with Crippen LogP contribution in [0.2, 0.25) is 5.02 Å². The van der Waals surface area contributed by atoms with Gasteiger partial charge in [-0.1, -0.05) is 23.7 Å². The number of carbonyl (C=O) groups is 1. The minimum Gasteiger partial charge on any atom is -0.490 e. The number of ether oxygens (including phenoxy) is 3. The largest absolute Gasteiger partial charge is 0.490 e. The van der Waals surface area contributed by atoms with Gasteiger partial charge in [0.25, 0.3) is 5.56 Å². The van der Waals surface area contributed by atoms with E-state index in [0.717, 1.165) is 5.39 Å². The maximum Gasteiger partial charge on any atom is 0.346 e. The van der Waals surface area contributed by atoms with E-state index in [1.165, 1.54) is 18.0 Å². The number of rotatable bonds is 8. The van der Waals surface area contributed by atoms with Gasteiger partial charge in [0.15, 0.2) is 23.4 Å². The normalized spacial score (nSPS) is 12.2. The lowest BCUT2D eigenvalue weighted by Gasteiger charge is -2.17. The fourth-order valence-electron chi connectivity index (χ4n) is 4.05. The van der Waals surface area contributed by atoms with Crippen molar-refractivity contribution in [3.05, 3.63) is 86.1 Å². The summed E-state index contributed by atoms with van der Waals surface area (Å²) in [5.74, 6) is 0.788. The molecule has 204 valence electrons. The number of hydrogen-bond donors (Lipinski definition) is 0. The first kappa shape index (κ1) is 27.4. The first-order valence-corrected chi connectivity index (χ1v) is 13.4. The molecule has 1 atom stereocenters. The van der Waals surface area contributed by atoms with Gasteiger partial charge < -0.3 is 18.6 Å². The SMILES string of the molecule is CCOc1cc(C=Nn2c(-c3cc4cc(Cl)ccc4o3)nc3ccccc3c2=O)c(Br)cc1O[C@@H](C)C(=O)OC. The van der Waals surface area contributed by atoms with Crippen LogP contribution >= 0.6 is 27.5 Å². The fourth-order valence-corrected chi connectivity index (χ4v) is 4.65. The van der Waals surface area contributed by atoms with Crippen LogP contribution < -0.4 is 15.0 Å². The predicted octanol–water partition coefficient (Wildman–Crippen LogP) is 6.45. The summed E-state index contributed by atoms with van der Waals surface area (Å²) in [4.78, 5) is 30.2. The lowest BCUT2D eigenvalue weighted by atomic mass is 10.2. The number of aromatic nitrogens is 2. The number of furan rings is 1. The zero-order chi connectivity index (χ0) is 28.4. The van der Waals surface area contributed by atoms with Crippen molar-refractivity contribution in [1.82, 2.24) is 9.66 Å². The number of hydrogen-bond acceptors (Lipinski definition) is 8. The minimum absolute atomic E-state index is 0.222. The summed E-state index contributed by atoms with van der Waals surface area (Å²) in [6.07, 6.45) is 0.653. The highest BCUT2D eigenvalue weighted by Crippen LogP contribution is 2.34. The highest BCUT2D eigenvalue weighted by molar-refractivity contribution is 9.10. The first-order valence-electron chi connectivity index (χ1n) is 12.3. The summed E-state index contributed by atoms with van der Waals surface area (Å²) in [7, 11) is 1.29. The standard InChI is InChI=1S/C29H23BrClN3O6/c1-4-38-24-13-18(21(30)14-25(24)39-16(2)29(36)37-3)15-32-34-27(33-22-8-6-5-7-20(22)28(34)35)26-12-17-11-19(31)9-10-23(17)40-26/h5-16H,4H2,1-3H3/t16-/m0/s1. The molecule has 11 heteroatoms. The molecule has 0 saturated heterocycles. The molecule has 0 saturated carbocycles. The molecule has 40 heavy (non-hydrogen) atoms. The van der Waals surface area contributed by atoms with Gasteiger partial charge in [0.2, 0.25) is 5.82 Å². The fraction of sp³-hybridized carbons (Fsp3) is 0.172. The van der Waals surface area contributed by atoms with Gasteiger partial charge in [-0.05, 0) is 78.3 Å². The summed E-state index contributed by atoms with van der Waals surface area (Å²) in [6.45, 7) is 3.77. The van der Waals surface area contributed by atoms with E-state index in [1.54, 1.807) is 61.5 Å². The molecule has 5 aromatic rings. The van der Waals surface area contributed by atoms with E-state index in [0.29, 0.717) is 55.4 Å². The Morgan fingerprint density at radius 1 is 1.18 bits per heavy atom. The summed E-state index contributed by atoms with van der Waals surface area (Å²) >= 11 is 9.68. The average molecular weight is 625 g/mol. The van der Waals surface area contributed by atoms with Crippen molar-refractivity contribution in [3.63, 3.8) is 0 Å². The van der Waals surface area contributed by atoms with E-state index in [9.17, 15) is 9.59 Å². The second kappa shape index (κ2) is 11.5. The smallest absolute Gasteiger partial charge is 0.346 e. The van der Waals surface area contributed by atoms with Crippen LogP contribution in [-0.4, -0.2) is 41.7 Å². The Balaban J connectivity index is 1.62. The molecule has 0 aliphatic rings. The Morgan fingerprint density at radius 3 is 2.75 bits per heavy atom. The molecular formula is C29H23BrClN3O6. The van der Waals surface area contributed by atoms with Gasteiger partial charge in [0, 0.05) is 20.4 Å². The lowest BCUT2D eigenvalue weighted by Crippen LogP contribution is -2.25. The van der Waals surface area contributed by atoms with E-state index in [4.69, 9.17) is 35.2 Å². The molecular weight excluding hydrogens is 602 g/mol. The maximum absolute atomic E-state index is 13.6. The molecule has 0 unspecified atom stereocenters. The Kier molecular flexibility index (Phi) is 7.90. The van der Waals surface area contributed by atoms with Gasteiger partial charge in [-0.15, -0.1) is 0 Å². The Labute approximate surface area is 242 Å². The molecule has 0 radical (unpaired) electrons. The molecule has 9 nitrogen and oxygen atoms in total. The first-order chi connectivity index (χ1) is 19.3. The minimum atomic E-state index is -0.848. The highest BCUT2D eigenvalue weighted by atomic mass is 79.9. The molecule has 2 heterocycles. The summed E-state index contributed by atoms with van der Waals surface area (Å²) in [6, 6.07) is 17.4. The van der Waals surface area contributed by atoms with Crippen molar-refractivity contribution in [2.24, 2.45) is 5.10 Å². The summed E-state index contributed by atoms with van der Waals surface area (Å²) in [5.41, 5.74) is 1.32. The van der Waals surface area contributed by atoms with Crippen LogP contribution in [-0.2, 0) is 9.53 Å². The monoisotopic (exact) mass is 623 g/mol. The van der Waals surface area contributed by atoms with E-state index in [1.807, 2.05) is 13.0 Å². The number of carbonyl (C=O) groups excluding carboxylic acids is 1. The van der Waals surface area contributed by atoms with Crippen LogP contribution in [0.15, 0.2) is 79.4 Å². The summed E-state index contributed by atoms with van der Waals surface area (Å²) < 4.78 is 24.1. The molecule has 2 aromatic heterocycles. The van der Waals surface area contributed by atoms with Crippen LogP contribution in [0.3, 0.4) is 0 Å². The van der Waals surface area contributed by atoms with E-state index < -0.39 is 12.1 Å². The topological polar surface area (TPSA) is 105 Å². The highest BCUT2D eigenvalue weighted by Gasteiger charge is 2.20. The summed E-state index contributed by atoms with van der Waals surface area (Å²) in [5, 5.41) is 6.24. The Morgan fingerprint density at radius 2 is 1.98 bits per heavy atom. The number of halogens is 2. The number of para-hydroxylation sites is 1. The second-order valence-corrected chi connectivity index (χ2v) is 9.93. The maximum atomic E-state index is 13.6. The van der Waals surface area contributed by atoms with Crippen molar-refractivity contribution < 1.29 is 23.4 Å². The van der Waals surface area contributed by atoms with E-state index >= 15 is 0 Å². The quantitative estimate of drug-likeness (QED) is 0.144. The van der Waals surface area contributed by atoms with Gasteiger partial charge in [-0.3, -0.25) is 4.79 Å². The molecule has 0 N–H and O–H groups in total. The van der Waals surface area contributed by atoms with Crippen LogP contribution in [0.1, 0.15) is 19.4 Å². The van der Waals surface area contributed by atoms with Gasteiger partial charge in [0.1, 0.15) is 5.58 Å². The van der Waals surface area contributed by atoms with Crippen LogP contribution in [0, 0.1) is 0 Å². The molecule has 0 fully saturated rings. The van der Waals surface area contributed by atoms with Crippen molar-refractivity contribution in [3.8, 4) is 23.1 Å². The number of benzene rings is 3. The average Bonchev–Trinajstić information content (AvgIpc) is 3.37. The van der Waals surface area contributed by atoms with Crippen LogP contribution in [0.25, 0.3) is 33.5 Å². The van der Waals surface area contributed by atoms with Crippen molar-refractivity contribution in [2.75, 3.05) is 13.7 Å². The van der Waals surface area contributed by atoms with Crippen LogP contribution in [0.4, 0.5) is 0 Å². The zero-order valence-corrected chi connectivity index (χ0v) is 24.0. The third-order valence-corrected chi connectivity index (χ3v) is 6.89. The van der Waals surface area contributed by atoms with E-state index in [-0.39, 0.29) is 11.4 Å². The van der Waals surface area contributed by atoms with Gasteiger partial charge in [-0.2, -0.15) is 9.78 Å². The van der Waals surface area contributed by atoms with Gasteiger partial charge in [0.05, 0.1) is 30.8 Å². The van der Waals surface area contributed by atoms with E-state index in [2.05, 4.69) is 21.0 Å². The predicted molar refractivity (Wildman–Crippen MR) is 157 cm³/mol. The molecule has 0 aliphatic heterocycles. The molecule has 0 aliphatic carbocycles. The third kappa shape index (κ3) is 5.45.